The van der Waals surface area contributed by atoms with Gasteiger partial charge in [-0.05, 0) is 28.5 Å². The van der Waals surface area contributed by atoms with Crippen LogP contribution in [0.25, 0.3) is 5.65 Å². The van der Waals surface area contributed by atoms with Crippen molar-refractivity contribution in [1.82, 2.24) is 34.9 Å². The number of amides is 1. The van der Waals surface area contributed by atoms with Crippen molar-refractivity contribution in [1.29, 1.82) is 0 Å². The fourth-order valence-electron chi connectivity index (χ4n) is 2.86. The van der Waals surface area contributed by atoms with E-state index in [0.717, 1.165) is 23.5 Å². The van der Waals surface area contributed by atoms with Gasteiger partial charge in [-0.1, -0.05) is 13.8 Å². The molecule has 0 bridgehead atoms. The molecular formula is C16H17N7O. The molecular weight excluding hydrogens is 306 g/mol. The van der Waals surface area contributed by atoms with Gasteiger partial charge in [-0.3, -0.25) is 4.79 Å². The maximum Gasteiger partial charge on any atom is 0.254 e. The summed E-state index contributed by atoms with van der Waals surface area (Å²) in [5.74, 6) is 1.29. The molecule has 0 fully saturated rings. The van der Waals surface area contributed by atoms with Gasteiger partial charge in [-0.2, -0.15) is 0 Å². The van der Waals surface area contributed by atoms with E-state index in [1.54, 1.807) is 23.2 Å². The van der Waals surface area contributed by atoms with Crippen LogP contribution in [0.1, 0.15) is 41.3 Å². The van der Waals surface area contributed by atoms with Gasteiger partial charge in [0.15, 0.2) is 5.65 Å². The fraction of sp³-hybridized carbons (Fsp3) is 0.375. The highest BCUT2D eigenvalue weighted by Gasteiger charge is 2.26. The van der Waals surface area contributed by atoms with Gasteiger partial charge in [-0.15, -0.1) is 5.10 Å². The molecule has 0 atom stereocenters. The van der Waals surface area contributed by atoms with Crippen LogP contribution in [0.3, 0.4) is 0 Å². The van der Waals surface area contributed by atoms with Crippen molar-refractivity contribution in [2.24, 2.45) is 5.92 Å². The van der Waals surface area contributed by atoms with Crippen LogP contribution >= 0.6 is 0 Å². The van der Waals surface area contributed by atoms with Crippen molar-refractivity contribution in [3.05, 3.63) is 47.2 Å². The van der Waals surface area contributed by atoms with Crippen LogP contribution in [0.5, 0.6) is 0 Å². The van der Waals surface area contributed by atoms with E-state index in [-0.39, 0.29) is 5.91 Å². The Balaban J connectivity index is 1.56. The largest absolute Gasteiger partial charge is 0.328 e. The minimum atomic E-state index is -0.0519. The molecule has 3 aromatic heterocycles. The number of carbonyl (C=O) groups excluding carboxylic acids is 1. The molecule has 0 unspecified atom stereocenters. The van der Waals surface area contributed by atoms with Crippen molar-refractivity contribution in [2.45, 2.75) is 33.4 Å². The predicted molar refractivity (Wildman–Crippen MR) is 84.9 cm³/mol. The number of aromatic nitrogens is 6. The third-order valence-corrected chi connectivity index (χ3v) is 4.03. The second-order valence-corrected chi connectivity index (χ2v) is 6.41. The molecule has 0 saturated carbocycles. The Labute approximate surface area is 138 Å². The number of carbonyl (C=O) groups is 1. The average Bonchev–Trinajstić information content (AvgIpc) is 3.18. The molecule has 3 aromatic rings. The topological polar surface area (TPSA) is 89.2 Å². The zero-order valence-corrected chi connectivity index (χ0v) is 13.5. The molecule has 8 heteroatoms. The minimum Gasteiger partial charge on any atom is -0.328 e. The number of fused-ring (bicyclic) bond motifs is 2. The first kappa shape index (κ1) is 14.7. The summed E-state index contributed by atoms with van der Waals surface area (Å²) in [5, 5.41) is 11.3. The quantitative estimate of drug-likeness (QED) is 0.721. The summed E-state index contributed by atoms with van der Waals surface area (Å²) in [6.07, 6.45) is 4.38. The first-order chi connectivity index (χ1) is 11.6. The molecule has 0 aromatic carbocycles. The standard InChI is InChI=1S/C16H17N7O/c1-10(2)5-14-17-7-12-8-22(9-13(12)18-14)16(24)11-3-4-23-15(6-11)19-20-21-23/h3-4,6-7,10H,5,8-9H2,1-2H3. The summed E-state index contributed by atoms with van der Waals surface area (Å²) in [6.45, 7) is 5.33. The summed E-state index contributed by atoms with van der Waals surface area (Å²) >= 11 is 0. The summed E-state index contributed by atoms with van der Waals surface area (Å²) in [4.78, 5) is 23.5. The normalized spacial score (nSPS) is 13.7. The number of tetrazole rings is 1. The van der Waals surface area contributed by atoms with Crippen LogP contribution < -0.4 is 0 Å². The molecule has 1 aliphatic rings. The van der Waals surface area contributed by atoms with Crippen molar-refractivity contribution in [2.75, 3.05) is 0 Å². The Bertz CT molecular complexity index is 918. The third kappa shape index (κ3) is 2.60. The molecule has 1 aliphatic heterocycles. The summed E-state index contributed by atoms with van der Waals surface area (Å²) in [6, 6.07) is 3.42. The van der Waals surface area contributed by atoms with Crippen LogP contribution in [0, 0.1) is 5.92 Å². The van der Waals surface area contributed by atoms with Gasteiger partial charge >= 0.3 is 0 Å². The van der Waals surface area contributed by atoms with Crippen molar-refractivity contribution in [3.8, 4) is 0 Å². The van der Waals surface area contributed by atoms with Crippen molar-refractivity contribution < 1.29 is 4.79 Å². The Hall–Kier alpha value is -2.90. The highest BCUT2D eigenvalue weighted by molar-refractivity contribution is 5.95. The summed E-state index contributed by atoms with van der Waals surface area (Å²) < 4.78 is 1.53. The Morgan fingerprint density at radius 3 is 3.04 bits per heavy atom. The molecule has 0 N–H and O–H groups in total. The van der Waals surface area contributed by atoms with Gasteiger partial charge in [-0.25, -0.2) is 14.5 Å². The number of hydrogen-bond acceptors (Lipinski definition) is 6. The molecule has 1 amide bonds. The van der Waals surface area contributed by atoms with E-state index in [9.17, 15) is 4.79 Å². The van der Waals surface area contributed by atoms with Crippen LogP contribution in [0.2, 0.25) is 0 Å². The summed E-state index contributed by atoms with van der Waals surface area (Å²) in [5.41, 5.74) is 3.08. The number of hydrogen-bond donors (Lipinski definition) is 0. The predicted octanol–water partition coefficient (Wildman–Crippen LogP) is 1.27. The van der Waals surface area contributed by atoms with Gasteiger partial charge in [0.05, 0.1) is 12.2 Å². The Morgan fingerprint density at radius 2 is 2.21 bits per heavy atom. The van der Waals surface area contributed by atoms with E-state index in [1.165, 1.54) is 4.52 Å². The molecule has 0 saturated heterocycles. The molecule has 24 heavy (non-hydrogen) atoms. The third-order valence-electron chi connectivity index (χ3n) is 4.03. The van der Waals surface area contributed by atoms with Crippen LogP contribution in [-0.4, -0.2) is 40.8 Å². The average molecular weight is 323 g/mol. The van der Waals surface area contributed by atoms with Crippen LogP contribution in [-0.2, 0) is 19.5 Å². The molecule has 122 valence electrons. The lowest BCUT2D eigenvalue weighted by Gasteiger charge is -2.14. The first-order valence-electron chi connectivity index (χ1n) is 7.91. The maximum absolute atomic E-state index is 12.7. The van der Waals surface area contributed by atoms with Crippen LogP contribution in [0.15, 0.2) is 24.5 Å². The van der Waals surface area contributed by atoms with E-state index in [0.29, 0.717) is 30.2 Å². The van der Waals surface area contributed by atoms with E-state index in [1.807, 2.05) is 6.20 Å². The van der Waals surface area contributed by atoms with Crippen LogP contribution in [0.4, 0.5) is 0 Å². The van der Waals surface area contributed by atoms with E-state index in [2.05, 4.69) is 39.3 Å². The van der Waals surface area contributed by atoms with Crippen molar-refractivity contribution in [3.63, 3.8) is 0 Å². The maximum atomic E-state index is 12.7. The molecule has 0 aliphatic carbocycles. The first-order valence-corrected chi connectivity index (χ1v) is 7.91. The number of pyridine rings is 1. The van der Waals surface area contributed by atoms with Crippen molar-refractivity contribution >= 4 is 11.6 Å². The van der Waals surface area contributed by atoms with Gasteiger partial charge in [0.2, 0.25) is 0 Å². The highest BCUT2D eigenvalue weighted by atomic mass is 16.2. The lowest BCUT2D eigenvalue weighted by Crippen LogP contribution is -2.25. The molecule has 4 heterocycles. The van der Waals surface area contributed by atoms with E-state index < -0.39 is 0 Å². The Morgan fingerprint density at radius 1 is 1.33 bits per heavy atom. The van der Waals surface area contributed by atoms with Gasteiger partial charge in [0, 0.05) is 36.5 Å². The zero-order chi connectivity index (χ0) is 16.7. The lowest BCUT2D eigenvalue weighted by molar-refractivity contribution is 0.0750. The van der Waals surface area contributed by atoms with E-state index >= 15 is 0 Å². The molecule has 0 spiro atoms. The fourth-order valence-corrected chi connectivity index (χ4v) is 2.86. The second-order valence-electron chi connectivity index (χ2n) is 6.41. The van der Waals surface area contributed by atoms with Gasteiger partial charge in [0.25, 0.3) is 5.91 Å². The smallest absolute Gasteiger partial charge is 0.254 e. The zero-order valence-electron chi connectivity index (χ0n) is 13.5. The van der Waals surface area contributed by atoms with E-state index in [4.69, 9.17) is 0 Å². The number of rotatable bonds is 3. The second kappa shape index (κ2) is 5.63. The monoisotopic (exact) mass is 323 g/mol. The minimum absolute atomic E-state index is 0.0519. The summed E-state index contributed by atoms with van der Waals surface area (Å²) in [7, 11) is 0. The Kier molecular flexibility index (Phi) is 3.44. The SMILES string of the molecule is CC(C)Cc1ncc2c(n1)CN(C(=O)c1ccn3nnnc3c1)C2. The molecule has 4 rings (SSSR count). The molecule has 8 nitrogen and oxygen atoms in total. The number of nitrogens with zero attached hydrogens (tertiary/aromatic N) is 7. The van der Waals surface area contributed by atoms with Gasteiger partial charge in [0.1, 0.15) is 5.82 Å². The van der Waals surface area contributed by atoms with Gasteiger partial charge < -0.3 is 4.90 Å². The highest BCUT2D eigenvalue weighted by Crippen LogP contribution is 2.23. The molecule has 0 radical (unpaired) electrons. The lowest BCUT2D eigenvalue weighted by atomic mass is 10.1.